The maximum atomic E-state index is 12.1. The van der Waals surface area contributed by atoms with Crippen LogP contribution in [0.15, 0.2) is 0 Å². The van der Waals surface area contributed by atoms with E-state index >= 15 is 0 Å². The fourth-order valence-corrected chi connectivity index (χ4v) is 5.01. The van der Waals surface area contributed by atoms with E-state index in [0.29, 0.717) is 45.7 Å². The third kappa shape index (κ3) is 34.0. The predicted molar refractivity (Wildman–Crippen MR) is 211 cm³/mol. The Morgan fingerprint density at radius 1 is 0.630 bits per heavy atom. The van der Waals surface area contributed by atoms with Crippen LogP contribution >= 0.6 is 0 Å². The highest BCUT2D eigenvalue weighted by molar-refractivity contribution is 5.72. The van der Waals surface area contributed by atoms with Gasteiger partial charge < -0.3 is 25.0 Å². The van der Waals surface area contributed by atoms with Crippen molar-refractivity contribution < 1.29 is 38.9 Å². The van der Waals surface area contributed by atoms with Crippen molar-refractivity contribution in [3.05, 3.63) is 0 Å². The van der Waals surface area contributed by atoms with E-state index < -0.39 is 23.1 Å². The number of hydrogen-bond donors (Lipinski definition) is 3. The molecule has 0 unspecified atom stereocenters. The zero-order chi connectivity index (χ0) is 41.6. The van der Waals surface area contributed by atoms with Crippen LogP contribution < -0.4 is 5.32 Å². The van der Waals surface area contributed by atoms with Crippen molar-refractivity contribution in [3.8, 4) is 30.8 Å². The minimum Gasteiger partial charge on any atom is -0.480 e. The fraction of sp³-hybridized carbons (Fsp3) is 0.769. The van der Waals surface area contributed by atoms with Gasteiger partial charge in [0.15, 0.2) is 0 Å². The monoisotopic (exact) mass is 764 g/mol. The molecule has 15 heteroatoms. The van der Waals surface area contributed by atoms with Gasteiger partial charge in [0.05, 0.1) is 32.2 Å². The Balaban J connectivity index is 0. The summed E-state index contributed by atoms with van der Waals surface area (Å²) in [6, 6.07) is 1.75. The Hall–Kier alpha value is -3.75. The highest BCUT2D eigenvalue weighted by Gasteiger charge is 2.23. The first-order valence-electron chi connectivity index (χ1n) is 18.7. The standard InChI is InChI=1S/C18H35N3O4.C14H23N3O4.C5H8.C2H3N/c1-17(2,3)24-15(22)13-20-9-7-19-8-10-21(12-11-20)14-16(23)25-18(4,5)6;1-2-3-4-15-5-7-16(11-13(18)19)9-10-17(8-6-15)12-14(20)21;1-3-5-4-2;1-2-3/h19H,7-14H2,1-6H3;1H,3-12H2,(H,18,19)(H,20,21);1H,4-5H2,2H3;1H3. The van der Waals surface area contributed by atoms with E-state index in [0.717, 1.165) is 58.7 Å². The van der Waals surface area contributed by atoms with Crippen LogP contribution in [0.3, 0.4) is 0 Å². The second kappa shape index (κ2) is 30.6. The van der Waals surface area contributed by atoms with E-state index in [-0.39, 0.29) is 38.1 Å². The number of unbranched alkanes of at least 4 members (excludes halogenated alkanes) is 1. The maximum Gasteiger partial charge on any atom is 0.320 e. The second-order valence-electron chi connectivity index (χ2n) is 14.8. The Kier molecular flexibility index (Phi) is 29.6. The molecule has 0 aromatic carbocycles. The van der Waals surface area contributed by atoms with Gasteiger partial charge in [0.2, 0.25) is 0 Å². The molecule has 3 N–H and O–H groups in total. The van der Waals surface area contributed by atoms with Gasteiger partial charge in [-0.2, -0.15) is 5.26 Å². The fourth-order valence-electron chi connectivity index (χ4n) is 5.01. The van der Waals surface area contributed by atoms with Crippen LogP contribution in [-0.4, -0.2) is 181 Å². The summed E-state index contributed by atoms with van der Waals surface area (Å²) in [7, 11) is 0. The van der Waals surface area contributed by atoms with Gasteiger partial charge in [0.1, 0.15) is 11.2 Å². The number of ether oxygens (including phenoxy) is 2. The van der Waals surface area contributed by atoms with E-state index in [1.165, 1.54) is 6.92 Å². The van der Waals surface area contributed by atoms with Gasteiger partial charge in [-0.1, -0.05) is 6.92 Å². The molecule has 2 aliphatic rings. The Bertz CT molecular complexity index is 1130. The number of esters is 2. The molecule has 54 heavy (non-hydrogen) atoms. The van der Waals surface area contributed by atoms with Gasteiger partial charge in [0, 0.05) is 105 Å². The molecule has 0 spiro atoms. The number of nitriles is 1. The van der Waals surface area contributed by atoms with Crippen LogP contribution in [0.25, 0.3) is 0 Å². The van der Waals surface area contributed by atoms with Gasteiger partial charge in [-0.25, -0.2) is 0 Å². The van der Waals surface area contributed by atoms with Crippen LogP contribution in [-0.2, 0) is 28.7 Å². The summed E-state index contributed by atoms with van der Waals surface area (Å²) < 4.78 is 10.8. The first-order valence-corrected chi connectivity index (χ1v) is 18.7. The molecule has 2 rings (SSSR count). The van der Waals surface area contributed by atoms with Crippen molar-refractivity contribution in [1.82, 2.24) is 29.8 Å². The summed E-state index contributed by atoms with van der Waals surface area (Å²) in [6.45, 7) is 24.4. The lowest BCUT2D eigenvalue weighted by atomic mass is 10.2. The number of aliphatic carboxylic acids is 2. The molecule has 0 atom stereocenters. The number of terminal acetylenes is 2. The lowest BCUT2D eigenvalue weighted by Crippen LogP contribution is -2.42. The zero-order valence-electron chi connectivity index (χ0n) is 34.3. The highest BCUT2D eigenvalue weighted by Crippen LogP contribution is 2.09. The normalized spacial score (nSPS) is 16.9. The number of rotatable bonds is 11. The molecule has 308 valence electrons. The Morgan fingerprint density at radius 2 is 0.944 bits per heavy atom. The molecule has 15 nitrogen and oxygen atoms in total. The molecule has 2 saturated heterocycles. The molecule has 0 aliphatic carbocycles. The van der Waals surface area contributed by atoms with Crippen LogP contribution in [0, 0.1) is 36.0 Å². The van der Waals surface area contributed by atoms with Crippen molar-refractivity contribution in [1.29, 1.82) is 5.26 Å². The largest absolute Gasteiger partial charge is 0.480 e. The molecule has 2 fully saturated rings. The zero-order valence-corrected chi connectivity index (χ0v) is 34.3. The average molecular weight is 764 g/mol. The van der Waals surface area contributed by atoms with Gasteiger partial charge in [0.25, 0.3) is 0 Å². The number of carbonyl (C=O) groups excluding carboxylic acids is 2. The first kappa shape index (κ1) is 52.4. The number of hydrogen-bond acceptors (Lipinski definition) is 13. The molecule has 0 bridgehead atoms. The van der Waals surface area contributed by atoms with E-state index in [9.17, 15) is 19.2 Å². The summed E-state index contributed by atoms with van der Waals surface area (Å²) in [5, 5.41) is 28.5. The molecule has 2 heterocycles. The summed E-state index contributed by atoms with van der Waals surface area (Å²) >= 11 is 0. The van der Waals surface area contributed by atoms with Crippen LogP contribution in [0.1, 0.15) is 74.7 Å². The molecule has 0 saturated carbocycles. The van der Waals surface area contributed by atoms with Crippen molar-refractivity contribution in [2.24, 2.45) is 0 Å². The number of nitrogens with one attached hydrogen (secondary N) is 1. The number of carboxylic acid groups (broad SMARTS) is 2. The molecule has 0 amide bonds. The quantitative estimate of drug-likeness (QED) is 0.205. The van der Waals surface area contributed by atoms with Crippen molar-refractivity contribution >= 4 is 23.9 Å². The summed E-state index contributed by atoms with van der Waals surface area (Å²) in [5.41, 5.74) is -0.949. The molecular formula is C39H69N7O8. The second-order valence-corrected chi connectivity index (χ2v) is 14.8. The van der Waals surface area contributed by atoms with Gasteiger partial charge in [-0.05, 0) is 48.0 Å². The minimum atomic E-state index is -0.866. The maximum absolute atomic E-state index is 12.1. The van der Waals surface area contributed by atoms with Crippen molar-refractivity contribution in [2.75, 3.05) is 111 Å². The number of carbonyl (C=O) groups is 4. The van der Waals surface area contributed by atoms with E-state index in [4.69, 9.17) is 37.8 Å². The molecule has 2 aliphatic heterocycles. The molecule has 0 aromatic rings. The number of nitrogens with zero attached hydrogens (tertiary/aromatic N) is 6. The third-order valence-electron chi connectivity index (χ3n) is 7.37. The van der Waals surface area contributed by atoms with Gasteiger partial charge >= 0.3 is 23.9 Å². The van der Waals surface area contributed by atoms with E-state index in [2.05, 4.69) is 38.8 Å². The lowest BCUT2D eigenvalue weighted by molar-refractivity contribution is -0.158. The summed E-state index contributed by atoms with van der Waals surface area (Å²) in [5.74, 6) is 2.95. The third-order valence-corrected chi connectivity index (χ3v) is 7.37. The van der Waals surface area contributed by atoms with Crippen molar-refractivity contribution in [2.45, 2.75) is 85.9 Å². The van der Waals surface area contributed by atoms with Crippen molar-refractivity contribution in [3.63, 3.8) is 0 Å². The van der Waals surface area contributed by atoms with Crippen LogP contribution in [0.2, 0.25) is 0 Å². The minimum absolute atomic E-state index is 0.0239. The van der Waals surface area contributed by atoms with Gasteiger partial charge in [-0.15, -0.1) is 24.7 Å². The summed E-state index contributed by atoms with van der Waals surface area (Å²) in [6.07, 6.45) is 12.8. The Morgan fingerprint density at radius 3 is 1.20 bits per heavy atom. The highest BCUT2D eigenvalue weighted by atomic mass is 16.6. The smallest absolute Gasteiger partial charge is 0.320 e. The average Bonchev–Trinajstić information content (AvgIpc) is 3.19. The number of carboxylic acids is 2. The molecular weight excluding hydrogens is 694 g/mol. The predicted octanol–water partition coefficient (Wildman–Crippen LogP) is 1.93. The SMILES string of the molecule is C#CCCC.C#CCCN1CCN(CC(=O)O)CCN(CC(=O)O)CC1.CC#N.CC(C)(C)OC(=O)CN1CCNCCN(CC(=O)OC(C)(C)C)CC1. The lowest BCUT2D eigenvalue weighted by Gasteiger charge is -2.27. The first-order chi connectivity index (χ1) is 25.3. The Labute approximate surface area is 325 Å². The van der Waals surface area contributed by atoms with E-state index in [1.54, 1.807) is 6.07 Å². The van der Waals surface area contributed by atoms with Gasteiger partial charge in [-0.3, -0.25) is 43.7 Å². The molecule has 0 radical (unpaired) electrons. The van der Waals surface area contributed by atoms with Crippen LogP contribution in [0.5, 0.6) is 0 Å². The topological polar surface area (TPSA) is 179 Å². The van der Waals surface area contributed by atoms with Crippen LogP contribution in [0.4, 0.5) is 0 Å². The van der Waals surface area contributed by atoms with E-state index in [1.807, 2.05) is 51.3 Å². The molecule has 0 aromatic heterocycles. The summed E-state index contributed by atoms with van der Waals surface area (Å²) in [4.78, 5) is 55.8.